The predicted octanol–water partition coefficient (Wildman–Crippen LogP) is 4.29. The van der Waals surface area contributed by atoms with Crippen LogP contribution in [0.4, 0.5) is 0 Å². The van der Waals surface area contributed by atoms with Gasteiger partial charge < -0.3 is 71.4 Å². The van der Waals surface area contributed by atoms with Crippen molar-refractivity contribution >= 4 is 61.0 Å². The summed E-state index contributed by atoms with van der Waals surface area (Å²) in [5.41, 5.74) is 0. The lowest BCUT2D eigenvalue weighted by Gasteiger charge is -2.47. The Labute approximate surface area is 402 Å². The molecular formula is C43H70O17S5. The Bertz CT molecular complexity index is 1610. The third kappa shape index (κ3) is 15.0. The lowest BCUT2D eigenvalue weighted by Crippen LogP contribution is -2.62. The van der Waals surface area contributed by atoms with Crippen molar-refractivity contribution in [3.8, 4) is 0 Å². The molecule has 0 aliphatic carbocycles. The number of aliphatic hydroxyl groups is 1. The summed E-state index contributed by atoms with van der Waals surface area (Å²) in [4.78, 5) is 23.4. The zero-order chi connectivity index (χ0) is 48.6. The average Bonchev–Trinajstić information content (AvgIpc) is 3.75. The number of ether oxygens (including phenoxy) is 14. The van der Waals surface area contributed by atoms with Crippen molar-refractivity contribution in [2.75, 3.05) is 13.2 Å². The summed E-state index contributed by atoms with van der Waals surface area (Å²) in [7, 11) is 3.95. The fourth-order valence-electron chi connectivity index (χ4n) is 8.61. The van der Waals surface area contributed by atoms with E-state index in [2.05, 4.69) is 42.5 Å². The molecule has 0 amide bonds. The molecule has 22 heteroatoms. The third-order valence-electron chi connectivity index (χ3n) is 11.9. The number of aliphatic hydroxyl groups excluding tert-OH is 1. The molecule has 6 fully saturated rings. The fourth-order valence-corrected chi connectivity index (χ4v) is 11.4. The van der Waals surface area contributed by atoms with Gasteiger partial charge >= 0.3 is 11.9 Å². The monoisotopic (exact) mass is 1020 g/mol. The number of rotatable bonds is 12. The largest absolute Gasteiger partial charge is 0.457 e. The fraction of sp³-hybridized carbons (Fsp3) is 0.860. The van der Waals surface area contributed by atoms with E-state index in [0.717, 1.165) is 0 Å². The molecular weight excluding hydrogens is 949 g/mol. The van der Waals surface area contributed by atoms with Crippen LogP contribution in [0.2, 0.25) is 0 Å². The van der Waals surface area contributed by atoms with Crippen molar-refractivity contribution in [1.29, 1.82) is 0 Å². The van der Waals surface area contributed by atoms with E-state index >= 15 is 0 Å². The molecule has 6 rings (SSSR count). The highest BCUT2D eigenvalue weighted by molar-refractivity contribution is 8.59. The maximum Gasteiger partial charge on any atom is 0.303 e. The van der Waals surface area contributed by atoms with Gasteiger partial charge in [-0.25, -0.2) is 0 Å². The molecule has 0 bridgehead atoms. The second kappa shape index (κ2) is 25.2. The van der Waals surface area contributed by atoms with Gasteiger partial charge in [-0.1, -0.05) is 32.9 Å². The van der Waals surface area contributed by atoms with Crippen molar-refractivity contribution in [2.24, 2.45) is 17.8 Å². The summed E-state index contributed by atoms with van der Waals surface area (Å²) < 4.78 is 83.4. The van der Waals surface area contributed by atoms with Gasteiger partial charge in [-0.15, -0.1) is 13.2 Å². The predicted molar refractivity (Wildman–Crippen MR) is 248 cm³/mol. The first kappa shape index (κ1) is 56.6. The molecule has 1 N–H and O–H groups in total. The quantitative estimate of drug-likeness (QED) is 0.216. The van der Waals surface area contributed by atoms with Crippen LogP contribution < -0.4 is 0 Å². The highest BCUT2D eigenvalue weighted by atomic mass is 33.3. The Hall–Kier alpha value is -1.00. The lowest BCUT2D eigenvalue weighted by molar-refractivity contribution is -0.344. The van der Waals surface area contributed by atoms with Gasteiger partial charge in [0.05, 0.1) is 49.8 Å². The van der Waals surface area contributed by atoms with E-state index < -0.39 is 97.5 Å². The topological polar surface area (TPSA) is 184 Å². The maximum absolute atomic E-state index is 11.8. The molecule has 0 radical (unpaired) electrons. The molecule has 0 spiro atoms. The molecule has 0 aromatic heterocycles. The van der Waals surface area contributed by atoms with Crippen molar-refractivity contribution in [2.45, 2.75) is 206 Å². The first-order valence-electron chi connectivity index (χ1n) is 21.9. The number of carbonyl (C=O) groups is 2. The Balaban J connectivity index is 0.000000258. The molecule has 6 aliphatic heterocycles. The van der Waals surface area contributed by atoms with E-state index in [1.807, 2.05) is 62.3 Å². The summed E-state index contributed by atoms with van der Waals surface area (Å²) in [6.07, 6.45) is -6.43. The van der Waals surface area contributed by atoms with Crippen LogP contribution >= 0.6 is 0 Å². The molecule has 17 nitrogen and oxygen atoms in total. The van der Waals surface area contributed by atoms with Gasteiger partial charge in [-0.2, -0.15) is 0 Å². The van der Waals surface area contributed by atoms with E-state index in [4.69, 9.17) is 66.3 Å². The Morgan fingerprint density at radius 2 is 0.938 bits per heavy atom. The Morgan fingerprint density at radius 3 is 1.34 bits per heavy atom. The summed E-state index contributed by atoms with van der Waals surface area (Å²) in [5.74, 6) is -2.40. The first-order chi connectivity index (χ1) is 30.5. The number of fused-ring (bicyclic) bond motifs is 2. The van der Waals surface area contributed by atoms with Gasteiger partial charge in [0.2, 0.25) is 0 Å². The molecule has 0 saturated carbocycles. The lowest BCUT2D eigenvalue weighted by atomic mass is 9.90. The van der Waals surface area contributed by atoms with Gasteiger partial charge in [0.25, 0.3) is 0 Å². The minimum atomic E-state index is -1.22. The SMILES string of the molecule is C=CCO[C@H]1OC(C)[C@H](OC(C)=O)[C@@H](O[C@@H]2OC(C)[C@H](C)[C@@H]3OC(C)(C)OC23)C1C.C=CCO[C@H]1OC(C)[C@H](OC(C)=O)[C@@H](O[C@@H]2OC(C)[C@H](C)[C@@H]3OC(C)(C)OC23)C1O.S=S=S=S=S. The van der Waals surface area contributed by atoms with Crippen LogP contribution in [-0.2, 0) is 125 Å². The standard InChI is InChI=1S/C22H36O8.C21H34O9.S5/c1-9-10-24-20-12(3)16(18(14(5)26-20)27-15(6)23)28-21-19-17(11(2)13(4)25-21)29-22(7,8)30-19;1-8-9-24-19-14(23)17(16(12(4)26-19)27-13(5)22)28-20-18-15(10(2)11(3)25-20)29-21(6,7)30-18;1-3-5-4-2/h9,11-14,16-21H,1,10H2,2-8H3;8,10-12,14-20,23H,1,9H2,2-7H3;/t11-,12?,13?,14?,16-,17-,18-,19?,20-,21-;10-,11?,12?,14?,15-,16-,17-,18?,19-,20-;/m00./s1. The summed E-state index contributed by atoms with van der Waals surface area (Å²) in [6.45, 7) is 31.5. The summed E-state index contributed by atoms with van der Waals surface area (Å²) in [6, 6.07) is 0. The highest BCUT2D eigenvalue weighted by Gasteiger charge is 2.58. The summed E-state index contributed by atoms with van der Waals surface area (Å²) in [5, 5.41) is 10.9. The van der Waals surface area contributed by atoms with Crippen LogP contribution in [-0.4, -0.2) is 146 Å². The van der Waals surface area contributed by atoms with Gasteiger partial charge in [0.1, 0.15) is 30.5 Å². The number of carbonyl (C=O) groups excluding carboxylic acids is 2. The van der Waals surface area contributed by atoms with Crippen LogP contribution in [0, 0.1) is 17.8 Å². The second-order valence-corrected chi connectivity index (χ2v) is 23.1. The molecule has 65 heavy (non-hydrogen) atoms. The van der Waals surface area contributed by atoms with Gasteiger partial charge in [-0.05, 0) is 55.4 Å². The van der Waals surface area contributed by atoms with Gasteiger partial charge in [0.15, 0.2) is 48.9 Å². The smallest absolute Gasteiger partial charge is 0.303 e. The zero-order valence-corrected chi connectivity index (χ0v) is 43.6. The molecule has 0 aromatic carbocycles. The van der Waals surface area contributed by atoms with Crippen LogP contribution in [0.3, 0.4) is 0 Å². The Kier molecular flexibility index (Phi) is 22.0. The minimum absolute atomic E-state index is 0.0821. The average molecular weight is 1020 g/mol. The molecule has 6 heterocycles. The van der Waals surface area contributed by atoms with E-state index in [1.54, 1.807) is 19.1 Å². The van der Waals surface area contributed by atoms with Crippen LogP contribution in [0.1, 0.15) is 90.0 Å². The van der Waals surface area contributed by atoms with Gasteiger partial charge in [0, 0.05) is 80.6 Å². The maximum atomic E-state index is 11.8. The van der Waals surface area contributed by atoms with Crippen molar-refractivity contribution in [3.05, 3.63) is 25.3 Å². The van der Waals surface area contributed by atoms with E-state index in [-0.39, 0.29) is 54.9 Å². The summed E-state index contributed by atoms with van der Waals surface area (Å²) >= 11 is 8.89. The molecule has 0 aromatic rings. The van der Waals surface area contributed by atoms with E-state index in [1.165, 1.54) is 40.5 Å². The minimum Gasteiger partial charge on any atom is -0.457 e. The van der Waals surface area contributed by atoms with Crippen molar-refractivity contribution in [1.82, 2.24) is 0 Å². The van der Waals surface area contributed by atoms with Crippen molar-refractivity contribution < 1.29 is 81.0 Å². The second-order valence-electron chi connectivity index (χ2n) is 17.8. The van der Waals surface area contributed by atoms with Crippen LogP contribution in [0.5, 0.6) is 0 Å². The van der Waals surface area contributed by atoms with E-state index in [9.17, 15) is 14.7 Å². The number of esters is 2. The molecule has 374 valence electrons. The molecule has 20 atom stereocenters. The number of hydrogen-bond donors (Lipinski definition) is 1. The highest BCUT2D eigenvalue weighted by Crippen LogP contribution is 2.44. The first-order valence-corrected chi connectivity index (χ1v) is 27.2. The third-order valence-corrected chi connectivity index (χ3v) is 16.4. The van der Waals surface area contributed by atoms with Crippen molar-refractivity contribution in [3.63, 3.8) is 0 Å². The van der Waals surface area contributed by atoms with Gasteiger partial charge in [-0.3, -0.25) is 9.59 Å². The van der Waals surface area contributed by atoms with E-state index in [0.29, 0.717) is 6.61 Å². The number of hydrogen-bond acceptors (Lipinski definition) is 19. The van der Waals surface area contributed by atoms with Crippen LogP contribution in [0.25, 0.3) is 0 Å². The Morgan fingerprint density at radius 1 is 0.569 bits per heavy atom. The molecule has 6 saturated heterocycles. The van der Waals surface area contributed by atoms with Crippen LogP contribution in [0.15, 0.2) is 25.3 Å². The zero-order valence-electron chi connectivity index (χ0n) is 39.6. The molecule has 8 unspecified atom stereocenters. The molecule has 6 aliphatic rings. The normalized spacial score (nSPS) is 42.5.